The van der Waals surface area contributed by atoms with E-state index in [9.17, 15) is 9.59 Å². The van der Waals surface area contributed by atoms with Gasteiger partial charge in [0.2, 0.25) is 0 Å². The van der Waals surface area contributed by atoms with Crippen LogP contribution >= 0.6 is 11.8 Å². The Morgan fingerprint density at radius 3 is 2.54 bits per heavy atom. The van der Waals surface area contributed by atoms with Gasteiger partial charge in [0, 0.05) is 12.1 Å². The Kier molecular flexibility index (Phi) is 5.92. The molecule has 0 radical (unpaired) electrons. The molecule has 2 aromatic carbocycles. The lowest BCUT2D eigenvalue weighted by molar-refractivity contribution is -0.122. The SMILES string of the molecule is C=CCOc1ccccc1/C=C1\SC(=O)N(CCc2ccccc2)C1=O. The van der Waals surface area contributed by atoms with Crippen molar-refractivity contribution >= 4 is 29.0 Å². The van der Waals surface area contributed by atoms with Crippen molar-refractivity contribution in [3.05, 3.63) is 83.3 Å². The third-order valence-corrected chi connectivity index (χ3v) is 4.81. The van der Waals surface area contributed by atoms with Gasteiger partial charge in [-0.15, -0.1) is 0 Å². The normalized spacial score (nSPS) is 15.5. The van der Waals surface area contributed by atoms with Crippen LogP contribution in [0.15, 0.2) is 72.2 Å². The molecule has 132 valence electrons. The van der Waals surface area contributed by atoms with Crippen molar-refractivity contribution in [3.8, 4) is 5.75 Å². The number of carbonyl (C=O) groups excluding carboxylic acids is 2. The lowest BCUT2D eigenvalue weighted by Crippen LogP contribution is -2.30. The number of hydrogen-bond donors (Lipinski definition) is 0. The van der Waals surface area contributed by atoms with Crippen LogP contribution in [0.2, 0.25) is 0 Å². The number of ether oxygens (including phenoxy) is 1. The first-order valence-corrected chi connectivity index (χ1v) is 9.12. The summed E-state index contributed by atoms with van der Waals surface area (Å²) in [6.45, 7) is 4.39. The molecule has 1 aliphatic rings. The second kappa shape index (κ2) is 8.54. The largest absolute Gasteiger partial charge is 0.489 e. The summed E-state index contributed by atoms with van der Waals surface area (Å²) in [6, 6.07) is 17.2. The standard InChI is InChI=1S/C21H19NO3S/c1-2-14-25-18-11-7-6-10-17(18)15-19-20(23)22(21(24)26-19)13-12-16-8-4-3-5-9-16/h2-11,15H,1,12-14H2/b19-15-. The van der Waals surface area contributed by atoms with E-state index in [4.69, 9.17) is 4.74 Å². The monoisotopic (exact) mass is 365 g/mol. The van der Waals surface area contributed by atoms with E-state index in [-0.39, 0.29) is 11.1 Å². The maximum absolute atomic E-state index is 12.6. The fraction of sp³-hybridized carbons (Fsp3) is 0.143. The second-order valence-electron chi connectivity index (χ2n) is 5.71. The summed E-state index contributed by atoms with van der Waals surface area (Å²) in [5.74, 6) is 0.401. The predicted octanol–water partition coefficient (Wildman–Crippen LogP) is 4.53. The summed E-state index contributed by atoms with van der Waals surface area (Å²) >= 11 is 0.967. The van der Waals surface area contributed by atoms with Crippen molar-refractivity contribution < 1.29 is 14.3 Å². The minimum absolute atomic E-state index is 0.235. The van der Waals surface area contributed by atoms with E-state index in [0.29, 0.717) is 30.2 Å². The van der Waals surface area contributed by atoms with Gasteiger partial charge in [-0.25, -0.2) is 0 Å². The zero-order chi connectivity index (χ0) is 18.4. The minimum Gasteiger partial charge on any atom is -0.489 e. The van der Waals surface area contributed by atoms with E-state index in [0.717, 1.165) is 22.9 Å². The lowest BCUT2D eigenvalue weighted by Gasteiger charge is -2.12. The molecule has 0 aromatic heterocycles. The maximum Gasteiger partial charge on any atom is 0.293 e. The summed E-state index contributed by atoms with van der Waals surface area (Å²) in [5, 5.41) is -0.235. The number of thioether (sulfide) groups is 1. The van der Waals surface area contributed by atoms with Gasteiger partial charge in [0.15, 0.2) is 0 Å². The van der Waals surface area contributed by atoms with Crippen molar-refractivity contribution in [3.63, 3.8) is 0 Å². The molecule has 5 heteroatoms. The first-order valence-electron chi connectivity index (χ1n) is 8.31. The summed E-state index contributed by atoms with van der Waals surface area (Å²) < 4.78 is 5.61. The number of carbonyl (C=O) groups is 2. The third kappa shape index (κ3) is 4.24. The first kappa shape index (κ1) is 18.0. The van der Waals surface area contributed by atoms with Gasteiger partial charge in [-0.2, -0.15) is 0 Å². The van der Waals surface area contributed by atoms with Crippen molar-refractivity contribution in [2.24, 2.45) is 0 Å². The van der Waals surface area contributed by atoms with Gasteiger partial charge in [0.1, 0.15) is 12.4 Å². The van der Waals surface area contributed by atoms with E-state index >= 15 is 0 Å². The van der Waals surface area contributed by atoms with Gasteiger partial charge in [-0.05, 0) is 35.9 Å². The fourth-order valence-corrected chi connectivity index (χ4v) is 3.46. The molecule has 1 saturated heterocycles. The number of hydrogen-bond acceptors (Lipinski definition) is 4. The van der Waals surface area contributed by atoms with Crippen LogP contribution in [0.25, 0.3) is 6.08 Å². The molecule has 1 fully saturated rings. The summed E-state index contributed by atoms with van der Waals surface area (Å²) in [4.78, 5) is 26.6. The molecule has 1 heterocycles. The molecule has 1 aliphatic heterocycles. The molecular formula is C21H19NO3S. The van der Waals surface area contributed by atoms with Crippen LogP contribution in [0.5, 0.6) is 5.75 Å². The number of para-hydroxylation sites is 1. The molecule has 0 N–H and O–H groups in total. The van der Waals surface area contributed by atoms with Crippen molar-refractivity contribution in [2.45, 2.75) is 6.42 Å². The molecule has 4 nitrogen and oxygen atoms in total. The van der Waals surface area contributed by atoms with E-state index in [1.54, 1.807) is 12.2 Å². The van der Waals surface area contributed by atoms with Gasteiger partial charge in [0.25, 0.3) is 11.1 Å². The minimum atomic E-state index is -0.255. The van der Waals surface area contributed by atoms with Crippen LogP contribution in [0.4, 0.5) is 4.79 Å². The average Bonchev–Trinajstić information content (AvgIpc) is 2.93. The first-order chi connectivity index (χ1) is 12.7. The van der Waals surface area contributed by atoms with Crippen LogP contribution in [0.3, 0.4) is 0 Å². The summed E-state index contributed by atoms with van der Waals surface area (Å²) in [6.07, 6.45) is 4.02. The summed E-state index contributed by atoms with van der Waals surface area (Å²) in [5.41, 5.74) is 1.86. The zero-order valence-corrected chi connectivity index (χ0v) is 15.1. The van der Waals surface area contributed by atoms with Crippen molar-refractivity contribution in [1.82, 2.24) is 4.90 Å². The number of benzene rings is 2. The van der Waals surface area contributed by atoms with E-state index < -0.39 is 0 Å². The number of imide groups is 1. The van der Waals surface area contributed by atoms with E-state index in [2.05, 4.69) is 6.58 Å². The Hall–Kier alpha value is -2.79. The van der Waals surface area contributed by atoms with Gasteiger partial charge >= 0.3 is 0 Å². The van der Waals surface area contributed by atoms with Gasteiger partial charge < -0.3 is 4.74 Å². The summed E-state index contributed by atoms with van der Waals surface area (Å²) in [7, 11) is 0. The second-order valence-corrected chi connectivity index (χ2v) is 6.70. The number of rotatable bonds is 7. The quantitative estimate of drug-likeness (QED) is 0.534. The van der Waals surface area contributed by atoms with Gasteiger partial charge in [0.05, 0.1) is 4.91 Å². The smallest absolute Gasteiger partial charge is 0.293 e. The van der Waals surface area contributed by atoms with Crippen molar-refractivity contribution in [2.75, 3.05) is 13.2 Å². The number of nitrogens with zero attached hydrogens (tertiary/aromatic N) is 1. The van der Waals surface area contributed by atoms with E-state index in [1.165, 1.54) is 4.90 Å². The van der Waals surface area contributed by atoms with Crippen LogP contribution in [-0.4, -0.2) is 29.2 Å². The molecule has 0 bridgehead atoms. The van der Waals surface area contributed by atoms with E-state index in [1.807, 2.05) is 54.6 Å². The predicted molar refractivity (Wildman–Crippen MR) is 105 cm³/mol. The molecule has 2 amide bonds. The Balaban J connectivity index is 1.74. The Morgan fingerprint density at radius 1 is 1.04 bits per heavy atom. The fourth-order valence-electron chi connectivity index (χ4n) is 2.60. The Labute approximate surface area is 157 Å². The van der Waals surface area contributed by atoms with Gasteiger partial charge in [-0.1, -0.05) is 61.2 Å². The zero-order valence-electron chi connectivity index (χ0n) is 14.3. The Morgan fingerprint density at radius 2 is 1.77 bits per heavy atom. The molecule has 0 spiro atoms. The van der Waals surface area contributed by atoms with Crippen LogP contribution in [0, 0.1) is 0 Å². The molecular weight excluding hydrogens is 346 g/mol. The van der Waals surface area contributed by atoms with Crippen LogP contribution < -0.4 is 4.74 Å². The number of amides is 2. The molecule has 0 saturated carbocycles. The molecule has 2 aromatic rings. The van der Waals surface area contributed by atoms with Crippen LogP contribution in [0.1, 0.15) is 11.1 Å². The highest BCUT2D eigenvalue weighted by Crippen LogP contribution is 2.34. The third-order valence-electron chi connectivity index (χ3n) is 3.90. The topological polar surface area (TPSA) is 46.6 Å². The molecule has 0 aliphatic carbocycles. The van der Waals surface area contributed by atoms with Gasteiger partial charge in [-0.3, -0.25) is 14.5 Å². The Bertz CT molecular complexity index is 845. The molecule has 26 heavy (non-hydrogen) atoms. The average molecular weight is 365 g/mol. The molecule has 0 atom stereocenters. The maximum atomic E-state index is 12.6. The highest BCUT2D eigenvalue weighted by Gasteiger charge is 2.34. The van der Waals surface area contributed by atoms with Crippen molar-refractivity contribution in [1.29, 1.82) is 0 Å². The molecule has 0 unspecified atom stereocenters. The van der Waals surface area contributed by atoms with Crippen LogP contribution in [-0.2, 0) is 11.2 Å². The highest BCUT2D eigenvalue weighted by molar-refractivity contribution is 8.18. The highest BCUT2D eigenvalue weighted by atomic mass is 32.2. The molecule has 3 rings (SSSR count). The lowest BCUT2D eigenvalue weighted by atomic mass is 10.1.